The number of ether oxygens (including phenoxy) is 4. The smallest absolute Gasteiger partial charge is 0.325 e. The number of hydrogen-bond donors (Lipinski definition) is 0. The Kier molecular flexibility index (Phi) is 4.60. The molecule has 0 N–H and O–H groups in total. The zero-order chi connectivity index (χ0) is 23.9. The molecule has 0 spiro atoms. The van der Waals surface area contributed by atoms with Crippen LogP contribution in [0.3, 0.4) is 0 Å². The molecule has 8 heteroatoms. The van der Waals surface area contributed by atoms with Crippen molar-refractivity contribution >= 4 is 21.8 Å². The maximum Gasteiger partial charge on any atom is 0.325 e. The van der Waals surface area contributed by atoms with E-state index in [0.717, 1.165) is 10.8 Å². The van der Waals surface area contributed by atoms with Crippen molar-refractivity contribution in [1.82, 2.24) is 19.9 Å². The first-order chi connectivity index (χ1) is 17.8. The molecule has 3 heterocycles. The average molecular weight is 472 g/mol. The third-order valence-corrected chi connectivity index (χ3v) is 5.55. The molecular weight excluding hydrogens is 456 g/mol. The highest BCUT2D eigenvalue weighted by Crippen LogP contribution is 2.36. The summed E-state index contributed by atoms with van der Waals surface area (Å²) in [5.74, 6) is 2.77. The minimum atomic E-state index is 0.143. The summed E-state index contributed by atoms with van der Waals surface area (Å²) in [6, 6.07) is 29.8. The lowest BCUT2D eigenvalue weighted by atomic mass is 10.2. The number of benzene rings is 4. The number of para-hydroxylation sites is 2. The van der Waals surface area contributed by atoms with Gasteiger partial charge >= 0.3 is 12.0 Å². The van der Waals surface area contributed by atoms with Gasteiger partial charge in [-0.05, 0) is 48.5 Å². The fraction of sp³-hybridized carbons (Fsp3) is 0. The Morgan fingerprint density at radius 2 is 0.806 bits per heavy atom. The molecule has 8 nitrogen and oxygen atoms in total. The first kappa shape index (κ1) is 20.2. The van der Waals surface area contributed by atoms with E-state index in [0.29, 0.717) is 45.8 Å². The van der Waals surface area contributed by atoms with Crippen molar-refractivity contribution in [1.29, 1.82) is 0 Å². The molecule has 6 aromatic rings. The van der Waals surface area contributed by atoms with Crippen molar-refractivity contribution in [2.75, 3.05) is 0 Å². The molecule has 2 aromatic heterocycles. The Bertz CT molecular complexity index is 1650. The van der Waals surface area contributed by atoms with Crippen molar-refractivity contribution in [3.8, 4) is 46.8 Å². The van der Waals surface area contributed by atoms with Gasteiger partial charge in [-0.2, -0.15) is 19.9 Å². The van der Waals surface area contributed by atoms with E-state index in [2.05, 4.69) is 19.9 Å². The van der Waals surface area contributed by atoms with E-state index in [-0.39, 0.29) is 12.0 Å². The van der Waals surface area contributed by atoms with Gasteiger partial charge in [0.1, 0.15) is 23.0 Å². The minimum Gasteiger partial charge on any atom is -0.438 e. The van der Waals surface area contributed by atoms with Crippen molar-refractivity contribution < 1.29 is 18.9 Å². The molecule has 0 fully saturated rings. The van der Waals surface area contributed by atoms with E-state index < -0.39 is 0 Å². The van der Waals surface area contributed by atoms with Crippen LogP contribution in [-0.2, 0) is 0 Å². The van der Waals surface area contributed by atoms with Gasteiger partial charge in [-0.25, -0.2) is 0 Å². The lowest BCUT2D eigenvalue weighted by molar-refractivity contribution is 0.399. The van der Waals surface area contributed by atoms with Crippen molar-refractivity contribution in [3.63, 3.8) is 0 Å². The van der Waals surface area contributed by atoms with Crippen LogP contribution in [0.5, 0.6) is 46.8 Å². The highest BCUT2D eigenvalue weighted by molar-refractivity contribution is 5.85. The Morgan fingerprint density at radius 3 is 1.28 bits per heavy atom. The number of fused-ring (bicyclic) bond motifs is 12. The minimum absolute atomic E-state index is 0.143. The third kappa shape index (κ3) is 3.76. The molecular formula is C28H16N4O4. The Morgan fingerprint density at radius 1 is 0.389 bits per heavy atom. The Hall–Kier alpha value is -5.24. The predicted molar refractivity (Wildman–Crippen MR) is 132 cm³/mol. The summed E-state index contributed by atoms with van der Waals surface area (Å²) in [6.07, 6.45) is 0. The van der Waals surface area contributed by atoms with Gasteiger partial charge in [-0.1, -0.05) is 36.4 Å². The van der Waals surface area contributed by atoms with Gasteiger partial charge in [0, 0.05) is 12.1 Å². The van der Waals surface area contributed by atoms with Crippen LogP contribution in [0.15, 0.2) is 97.1 Å². The summed E-state index contributed by atoms with van der Waals surface area (Å²) in [5.41, 5.74) is 1.38. The van der Waals surface area contributed by atoms with Crippen LogP contribution >= 0.6 is 0 Å². The summed E-state index contributed by atoms with van der Waals surface area (Å²) in [5, 5.41) is 1.50. The van der Waals surface area contributed by atoms with Gasteiger partial charge in [0.2, 0.25) is 11.8 Å². The molecule has 8 bridgehead atoms. The molecule has 1 aliphatic rings. The van der Waals surface area contributed by atoms with Crippen molar-refractivity contribution in [3.05, 3.63) is 97.1 Å². The van der Waals surface area contributed by atoms with Crippen molar-refractivity contribution in [2.24, 2.45) is 0 Å². The number of aromatic nitrogens is 4. The predicted octanol–water partition coefficient (Wildman–Crippen LogP) is 7.06. The summed E-state index contributed by atoms with van der Waals surface area (Å²) in [6.45, 7) is 0. The molecule has 0 aliphatic carbocycles. The molecule has 4 aromatic carbocycles. The second-order valence-corrected chi connectivity index (χ2v) is 8.01. The molecule has 36 heavy (non-hydrogen) atoms. The van der Waals surface area contributed by atoms with E-state index in [1.165, 1.54) is 0 Å². The molecule has 172 valence electrons. The van der Waals surface area contributed by atoms with E-state index in [1.807, 2.05) is 66.7 Å². The van der Waals surface area contributed by atoms with E-state index in [9.17, 15) is 0 Å². The van der Waals surface area contributed by atoms with Crippen LogP contribution in [0.1, 0.15) is 0 Å². The van der Waals surface area contributed by atoms with Crippen LogP contribution in [-0.4, -0.2) is 19.9 Å². The zero-order valence-electron chi connectivity index (χ0n) is 18.7. The Labute approximate surface area is 204 Å². The molecule has 0 radical (unpaired) electrons. The third-order valence-electron chi connectivity index (χ3n) is 5.55. The van der Waals surface area contributed by atoms with Crippen LogP contribution < -0.4 is 18.9 Å². The molecule has 1 aliphatic heterocycles. The number of hydrogen-bond acceptors (Lipinski definition) is 8. The highest BCUT2D eigenvalue weighted by atomic mass is 16.5. The fourth-order valence-electron chi connectivity index (χ4n) is 3.94. The van der Waals surface area contributed by atoms with Crippen LogP contribution in [0, 0.1) is 0 Å². The lowest BCUT2D eigenvalue weighted by Crippen LogP contribution is -1.99. The second kappa shape index (κ2) is 8.21. The van der Waals surface area contributed by atoms with Gasteiger partial charge < -0.3 is 18.9 Å². The second-order valence-electron chi connectivity index (χ2n) is 8.01. The summed E-state index contributed by atoms with van der Waals surface area (Å²) < 4.78 is 24.4. The molecule has 0 atom stereocenters. The fourth-order valence-corrected chi connectivity index (χ4v) is 3.94. The van der Waals surface area contributed by atoms with Crippen LogP contribution in [0.25, 0.3) is 21.8 Å². The van der Waals surface area contributed by atoms with Gasteiger partial charge in [-0.15, -0.1) is 0 Å². The maximum atomic E-state index is 6.20. The van der Waals surface area contributed by atoms with Gasteiger partial charge in [0.25, 0.3) is 0 Å². The van der Waals surface area contributed by atoms with Gasteiger partial charge in [-0.3, -0.25) is 0 Å². The van der Waals surface area contributed by atoms with Crippen LogP contribution in [0.2, 0.25) is 0 Å². The average Bonchev–Trinajstić information content (AvgIpc) is 2.89. The normalized spacial score (nSPS) is 12.2. The summed E-state index contributed by atoms with van der Waals surface area (Å²) in [4.78, 5) is 18.2. The van der Waals surface area contributed by atoms with Crippen molar-refractivity contribution in [2.45, 2.75) is 0 Å². The topological polar surface area (TPSA) is 88.5 Å². The molecule has 0 saturated heterocycles. The van der Waals surface area contributed by atoms with E-state index in [1.54, 1.807) is 30.3 Å². The molecule has 7 rings (SSSR count). The monoisotopic (exact) mass is 472 g/mol. The summed E-state index contributed by atoms with van der Waals surface area (Å²) in [7, 11) is 0. The van der Waals surface area contributed by atoms with Gasteiger partial charge in [0.05, 0.1) is 21.8 Å². The summed E-state index contributed by atoms with van der Waals surface area (Å²) >= 11 is 0. The highest BCUT2D eigenvalue weighted by Gasteiger charge is 2.16. The molecule has 0 amide bonds. The van der Waals surface area contributed by atoms with E-state index in [4.69, 9.17) is 18.9 Å². The first-order valence-electron chi connectivity index (χ1n) is 11.2. The van der Waals surface area contributed by atoms with Crippen LogP contribution in [0.4, 0.5) is 0 Å². The maximum absolute atomic E-state index is 6.20. The first-order valence-corrected chi connectivity index (χ1v) is 11.2. The molecule has 0 saturated carbocycles. The van der Waals surface area contributed by atoms with E-state index >= 15 is 0 Å². The number of nitrogens with zero attached hydrogens (tertiary/aromatic N) is 4. The quantitative estimate of drug-likeness (QED) is 0.232. The standard InChI is InChI=1S/C28H16N4O4/c1-3-13-23-21(11-1)25-31-27(29-23)35-19-9-6-10-20(16-19)36-28-30-24-14-4-2-12-22(24)26(32-28)34-18-8-5-7-17(15-18)33-25/h1-16H. The SMILES string of the molecule is c1cc2cc(c1)Oc1nc(c3ccccc3n1)Oc1cccc(c1)Oc1nc(nc3ccccc13)O2. The zero-order valence-corrected chi connectivity index (χ0v) is 18.7. The Balaban J connectivity index is 1.43. The molecule has 0 unspecified atom stereocenters. The number of rotatable bonds is 0. The van der Waals surface area contributed by atoms with Gasteiger partial charge in [0.15, 0.2) is 0 Å². The lowest BCUT2D eigenvalue weighted by Gasteiger charge is -2.14. The largest absolute Gasteiger partial charge is 0.438 e.